The van der Waals surface area contributed by atoms with E-state index < -0.39 is 0 Å². The zero-order valence-corrected chi connectivity index (χ0v) is 13.3. The summed E-state index contributed by atoms with van der Waals surface area (Å²) in [4.78, 5) is 0. The van der Waals surface area contributed by atoms with Crippen molar-refractivity contribution in [2.24, 2.45) is 0 Å². The molecular weight excluding hydrogens is 326 g/mol. The molecule has 1 heterocycles. The van der Waals surface area contributed by atoms with Crippen LogP contribution in [0.5, 0.6) is 0 Å². The molecule has 2 aromatic rings. The van der Waals surface area contributed by atoms with Crippen molar-refractivity contribution >= 4 is 27.5 Å². The van der Waals surface area contributed by atoms with E-state index in [4.69, 9.17) is 16.0 Å². The maximum absolute atomic E-state index is 6.26. The van der Waals surface area contributed by atoms with Gasteiger partial charge in [-0.05, 0) is 43.7 Å². The molecule has 2 rings (SSSR count). The quantitative estimate of drug-likeness (QED) is 0.829. The van der Waals surface area contributed by atoms with Gasteiger partial charge in [0.05, 0.1) is 6.26 Å². The second-order valence-electron chi connectivity index (χ2n) is 4.74. The second-order valence-corrected chi connectivity index (χ2v) is 6.06. The van der Waals surface area contributed by atoms with Crippen LogP contribution in [0.3, 0.4) is 0 Å². The van der Waals surface area contributed by atoms with E-state index in [9.17, 15) is 0 Å². The van der Waals surface area contributed by atoms with Crippen LogP contribution in [-0.2, 0) is 6.42 Å². The number of hydrogen-bond acceptors (Lipinski definition) is 2. The largest absolute Gasteiger partial charge is 0.469 e. The minimum Gasteiger partial charge on any atom is -0.469 e. The molecule has 0 aliphatic heterocycles. The van der Waals surface area contributed by atoms with Gasteiger partial charge in [0.2, 0.25) is 0 Å². The van der Waals surface area contributed by atoms with E-state index in [1.54, 1.807) is 6.26 Å². The molecule has 2 atom stereocenters. The van der Waals surface area contributed by atoms with Crippen LogP contribution in [-0.4, -0.2) is 6.04 Å². The lowest BCUT2D eigenvalue weighted by atomic mass is 10.1. The first kappa shape index (κ1) is 14.6. The van der Waals surface area contributed by atoms with Gasteiger partial charge in [0.25, 0.3) is 0 Å². The van der Waals surface area contributed by atoms with Crippen molar-refractivity contribution in [2.75, 3.05) is 0 Å². The first-order chi connectivity index (χ1) is 9.06. The predicted octanol–water partition coefficient (Wildman–Crippen LogP) is 4.98. The molecule has 1 aromatic heterocycles. The highest BCUT2D eigenvalue weighted by Gasteiger charge is 2.13. The minimum atomic E-state index is 0.200. The van der Waals surface area contributed by atoms with Crippen LogP contribution < -0.4 is 5.32 Å². The highest BCUT2D eigenvalue weighted by Crippen LogP contribution is 2.26. The van der Waals surface area contributed by atoms with Gasteiger partial charge < -0.3 is 9.73 Å². The molecule has 1 aromatic carbocycles. The molecular formula is C15H17BrClNO. The van der Waals surface area contributed by atoms with Crippen molar-refractivity contribution in [3.8, 4) is 0 Å². The Morgan fingerprint density at radius 3 is 2.74 bits per heavy atom. The fourth-order valence-corrected chi connectivity index (χ4v) is 3.00. The lowest BCUT2D eigenvalue weighted by Gasteiger charge is -2.20. The van der Waals surface area contributed by atoms with E-state index in [1.165, 1.54) is 0 Å². The molecule has 102 valence electrons. The summed E-state index contributed by atoms with van der Waals surface area (Å²) in [5, 5.41) is 4.31. The van der Waals surface area contributed by atoms with E-state index in [1.807, 2.05) is 30.3 Å². The third-order valence-electron chi connectivity index (χ3n) is 3.05. The molecule has 1 N–H and O–H groups in total. The number of rotatable bonds is 5. The van der Waals surface area contributed by atoms with Crippen LogP contribution in [0.15, 0.2) is 45.5 Å². The predicted molar refractivity (Wildman–Crippen MR) is 82.6 cm³/mol. The number of benzene rings is 1. The standard InChI is InChI=1S/C15H17BrClNO/c1-10(8-13-4-3-7-19-13)18-11(2)14-6-5-12(16)9-15(14)17/h3-7,9-11,18H,8H2,1-2H3. The Morgan fingerprint density at radius 1 is 1.32 bits per heavy atom. The average molecular weight is 343 g/mol. The molecule has 19 heavy (non-hydrogen) atoms. The van der Waals surface area contributed by atoms with Gasteiger partial charge in [-0.25, -0.2) is 0 Å². The molecule has 4 heteroatoms. The van der Waals surface area contributed by atoms with E-state index >= 15 is 0 Å². The smallest absolute Gasteiger partial charge is 0.105 e. The Morgan fingerprint density at radius 2 is 2.11 bits per heavy atom. The monoisotopic (exact) mass is 341 g/mol. The normalized spacial score (nSPS) is 14.3. The summed E-state index contributed by atoms with van der Waals surface area (Å²) in [6.45, 7) is 4.26. The molecule has 0 aliphatic carbocycles. The Bertz CT molecular complexity index is 527. The first-order valence-electron chi connectivity index (χ1n) is 6.29. The number of hydrogen-bond donors (Lipinski definition) is 1. The van der Waals surface area contributed by atoms with E-state index in [2.05, 4.69) is 35.1 Å². The molecule has 0 amide bonds. The van der Waals surface area contributed by atoms with Gasteiger partial charge in [0.1, 0.15) is 5.76 Å². The summed E-state index contributed by atoms with van der Waals surface area (Å²) in [5.41, 5.74) is 1.11. The van der Waals surface area contributed by atoms with Gasteiger partial charge in [0, 0.05) is 28.0 Å². The number of halogens is 2. The summed E-state index contributed by atoms with van der Waals surface area (Å²) in [5.74, 6) is 0.995. The van der Waals surface area contributed by atoms with Gasteiger partial charge in [0.15, 0.2) is 0 Å². The zero-order chi connectivity index (χ0) is 13.8. The van der Waals surface area contributed by atoms with Gasteiger partial charge in [-0.1, -0.05) is 33.6 Å². The van der Waals surface area contributed by atoms with Crippen molar-refractivity contribution in [1.29, 1.82) is 0 Å². The second kappa shape index (κ2) is 6.60. The fourth-order valence-electron chi connectivity index (χ4n) is 2.16. The number of nitrogens with one attached hydrogen (secondary N) is 1. The maximum atomic E-state index is 6.26. The molecule has 0 aliphatic rings. The Hall–Kier alpha value is -0.770. The summed E-state index contributed by atoms with van der Waals surface area (Å²) < 4.78 is 6.36. The highest BCUT2D eigenvalue weighted by atomic mass is 79.9. The van der Waals surface area contributed by atoms with Gasteiger partial charge >= 0.3 is 0 Å². The van der Waals surface area contributed by atoms with Gasteiger partial charge in [-0.2, -0.15) is 0 Å². The molecule has 0 fully saturated rings. The third-order valence-corrected chi connectivity index (χ3v) is 3.87. The van der Waals surface area contributed by atoms with Gasteiger partial charge in [-0.3, -0.25) is 0 Å². The van der Waals surface area contributed by atoms with Crippen LogP contribution in [0.4, 0.5) is 0 Å². The average Bonchev–Trinajstić information content (AvgIpc) is 2.81. The van der Waals surface area contributed by atoms with Crippen LogP contribution >= 0.6 is 27.5 Å². The van der Waals surface area contributed by atoms with Crippen molar-refractivity contribution in [3.05, 3.63) is 57.4 Å². The summed E-state index contributed by atoms with van der Waals surface area (Å²) >= 11 is 9.68. The third kappa shape index (κ3) is 4.10. The summed E-state index contributed by atoms with van der Waals surface area (Å²) in [6.07, 6.45) is 2.57. The van der Waals surface area contributed by atoms with Crippen molar-refractivity contribution in [1.82, 2.24) is 5.32 Å². The topological polar surface area (TPSA) is 25.2 Å². The Balaban J connectivity index is 1.98. The van der Waals surface area contributed by atoms with Crippen molar-refractivity contribution in [2.45, 2.75) is 32.4 Å². The number of furan rings is 1. The molecule has 0 saturated heterocycles. The summed E-state index contributed by atoms with van der Waals surface area (Å²) in [6, 6.07) is 10.4. The van der Waals surface area contributed by atoms with E-state index in [0.717, 1.165) is 27.2 Å². The molecule has 0 spiro atoms. The van der Waals surface area contributed by atoms with Gasteiger partial charge in [-0.15, -0.1) is 0 Å². The van der Waals surface area contributed by atoms with Crippen molar-refractivity contribution < 1.29 is 4.42 Å². The highest BCUT2D eigenvalue weighted by molar-refractivity contribution is 9.10. The minimum absolute atomic E-state index is 0.200. The molecule has 0 bridgehead atoms. The van der Waals surface area contributed by atoms with Crippen molar-refractivity contribution in [3.63, 3.8) is 0 Å². The van der Waals surface area contributed by atoms with E-state index in [0.29, 0.717) is 6.04 Å². The van der Waals surface area contributed by atoms with E-state index in [-0.39, 0.29) is 6.04 Å². The molecule has 2 unspecified atom stereocenters. The Labute approximate surface area is 127 Å². The Kier molecular flexibility index (Phi) is 5.08. The summed E-state index contributed by atoms with van der Waals surface area (Å²) in [7, 11) is 0. The zero-order valence-electron chi connectivity index (χ0n) is 11.0. The van der Waals surface area contributed by atoms with Crippen LogP contribution in [0, 0.1) is 0 Å². The van der Waals surface area contributed by atoms with Crippen LogP contribution in [0.1, 0.15) is 31.2 Å². The van der Waals surface area contributed by atoms with Crippen LogP contribution in [0.2, 0.25) is 5.02 Å². The SMILES string of the molecule is CC(Cc1ccco1)NC(C)c1ccc(Br)cc1Cl. The molecule has 0 radical (unpaired) electrons. The fraction of sp³-hybridized carbons (Fsp3) is 0.333. The lowest BCUT2D eigenvalue weighted by molar-refractivity contribution is 0.429. The lowest BCUT2D eigenvalue weighted by Crippen LogP contribution is -2.30. The molecule has 2 nitrogen and oxygen atoms in total. The first-order valence-corrected chi connectivity index (χ1v) is 7.46. The maximum Gasteiger partial charge on any atom is 0.105 e. The molecule has 0 saturated carbocycles. The van der Waals surface area contributed by atoms with Crippen LogP contribution in [0.25, 0.3) is 0 Å².